The number of nitriles is 2. The van der Waals surface area contributed by atoms with Crippen molar-refractivity contribution >= 4 is 75.3 Å². The van der Waals surface area contributed by atoms with E-state index in [4.69, 9.17) is 4.42 Å². The Morgan fingerprint density at radius 1 is 0.490 bits per heavy atom. The molecule has 0 unspecified atom stereocenters. The van der Waals surface area contributed by atoms with E-state index in [9.17, 15) is 10.5 Å². The lowest BCUT2D eigenvalue weighted by molar-refractivity contribution is 0.669. The molecule has 0 spiro atoms. The summed E-state index contributed by atoms with van der Waals surface area (Å²) in [7, 11) is 0. The van der Waals surface area contributed by atoms with Crippen LogP contribution in [0.15, 0.2) is 144 Å². The number of aromatic nitrogens is 1. The van der Waals surface area contributed by atoms with Crippen molar-refractivity contribution in [2.24, 2.45) is 0 Å². The first-order valence-corrected chi connectivity index (χ1v) is 16.9. The van der Waals surface area contributed by atoms with Crippen molar-refractivity contribution in [3.8, 4) is 40.1 Å². The molecule has 0 N–H and O–H groups in total. The number of hydrogen-bond donors (Lipinski definition) is 0. The molecule has 0 bridgehead atoms. The van der Waals surface area contributed by atoms with Gasteiger partial charge in [0.05, 0.1) is 34.3 Å². The summed E-state index contributed by atoms with van der Waals surface area (Å²) >= 11 is 1.83. The molecule has 0 atom stereocenters. The molecule has 226 valence electrons. The Labute approximate surface area is 284 Å². The second kappa shape index (κ2) is 10.4. The lowest BCUT2D eigenvalue weighted by Crippen LogP contribution is -1.97. The van der Waals surface area contributed by atoms with Gasteiger partial charge in [-0.3, -0.25) is 0 Å². The minimum atomic E-state index is 0.460. The van der Waals surface area contributed by atoms with E-state index in [2.05, 4.69) is 114 Å². The minimum Gasteiger partial charge on any atom is -0.456 e. The fourth-order valence-electron chi connectivity index (χ4n) is 7.44. The number of hydrogen-bond acceptors (Lipinski definition) is 4. The molecular formula is C44H23N3OS. The zero-order valence-electron chi connectivity index (χ0n) is 25.9. The fourth-order valence-corrected chi connectivity index (χ4v) is 8.57. The van der Waals surface area contributed by atoms with Gasteiger partial charge in [-0.05, 0) is 83.4 Å². The van der Waals surface area contributed by atoms with Gasteiger partial charge in [0.1, 0.15) is 11.2 Å². The third kappa shape index (κ3) is 4.07. The van der Waals surface area contributed by atoms with E-state index in [0.717, 1.165) is 60.9 Å². The van der Waals surface area contributed by atoms with Crippen LogP contribution in [0.2, 0.25) is 0 Å². The fraction of sp³-hybridized carbons (Fsp3) is 0. The number of fused-ring (bicyclic) bond motifs is 9. The second-order valence-corrected chi connectivity index (χ2v) is 13.4. The largest absolute Gasteiger partial charge is 0.456 e. The number of thiophene rings is 1. The monoisotopic (exact) mass is 641 g/mol. The van der Waals surface area contributed by atoms with Gasteiger partial charge < -0.3 is 8.98 Å². The van der Waals surface area contributed by atoms with E-state index in [0.29, 0.717) is 11.1 Å². The molecule has 7 aromatic carbocycles. The second-order valence-electron chi connectivity index (χ2n) is 12.3. The highest BCUT2D eigenvalue weighted by atomic mass is 32.1. The Balaban J connectivity index is 1.28. The van der Waals surface area contributed by atoms with Crippen molar-refractivity contribution in [1.29, 1.82) is 10.5 Å². The van der Waals surface area contributed by atoms with E-state index in [1.165, 1.54) is 30.9 Å². The van der Waals surface area contributed by atoms with Crippen LogP contribution in [0, 0.1) is 22.7 Å². The van der Waals surface area contributed by atoms with Gasteiger partial charge >= 0.3 is 0 Å². The first-order chi connectivity index (χ1) is 24.2. The normalized spacial score (nSPS) is 11.6. The highest BCUT2D eigenvalue weighted by molar-refractivity contribution is 7.25. The first kappa shape index (κ1) is 27.5. The summed E-state index contributed by atoms with van der Waals surface area (Å²) in [6, 6.07) is 52.7. The molecule has 3 aromatic heterocycles. The van der Waals surface area contributed by atoms with E-state index in [-0.39, 0.29) is 0 Å². The maximum Gasteiger partial charge on any atom is 0.135 e. The quantitative estimate of drug-likeness (QED) is 0.193. The van der Waals surface area contributed by atoms with Gasteiger partial charge in [0.15, 0.2) is 0 Å². The van der Waals surface area contributed by atoms with Gasteiger partial charge in [-0.15, -0.1) is 11.3 Å². The number of furan rings is 1. The maximum absolute atomic E-state index is 10.2. The summed E-state index contributed by atoms with van der Waals surface area (Å²) in [5, 5.41) is 26.8. The van der Waals surface area contributed by atoms with E-state index < -0.39 is 0 Å². The molecule has 0 radical (unpaired) electrons. The van der Waals surface area contributed by atoms with E-state index in [1.54, 1.807) is 12.1 Å². The third-order valence-electron chi connectivity index (χ3n) is 9.68. The Bertz CT molecular complexity index is 3090. The molecule has 4 nitrogen and oxygen atoms in total. The Morgan fingerprint density at radius 3 is 2.14 bits per heavy atom. The predicted molar refractivity (Wildman–Crippen MR) is 201 cm³/mol. The van der Waals surface area contributed by atoms with Crippen molar-refractivity contribution in [1.82, 2.24) is 4.57 Å². The molecule has 3 heterocycles. The van der Waals surface area contributed by atoms with Crippen molar-refractivity contribution in [3.05, 3.63) is 151 Å². The van der Waals surface area contributed by atoms with Gasteiger partial charge in [-0.2, -0.15) is 10.5 Å². The summed E-state index contributed by atoms with van der Waals surface area (Å²) in [6.07, 6.45) is 0. The summed E-state index contributed by atoms with van der Waals surface area (Å²) in [4.78, 5) is 0. The van der Waals surface area contributed by atoms with Gasteiger partial charge in [0.25, 0.3) is 0 Å². The highest BCUT2D eigenvalue weighted by Gasteiger charge is 2.19. The van der Waals surface area contributed by atoms with Crippen molar-refractivity contribution < 1.29 is 4.42 Å². The van der Waals surface area contributed by atoms with Crippen LogP contribution in [0.5, 0.6) is 0 Å². The van der Waals surface area contributed by atoms with Crippen LogP contribution >= 0.6 is 11.3 Å². The number of para-hydroxylation sites is 2. The molecule has 0 aliphatic carbocycles. The SMILES string of the molecule is N#Cc1ccc(-c2ccc(-n3c4ccccc4c4cc5sc6ccccc6c5cc43)cc2-c2ccc3oc4ccccc4c3c2)c(C#N)c1. The van der Waals surface area contributed by atoms with Crippen LogP contribution in [-0.2, 0) is 0 Å². The van der Waals surface area contributed by atoms with Crippen molar-refractivity contribution in [3.63, 3.8) is 0 Å². The van der Waals surface area contributed by atoms with Crippen LogP contribution in [0.25, 0.3) is 91.9 Å². The Hall–Kier alpha value is -6.66. The van der Waals surface area contributed by atoms with Crippen LogP contribution in [0.1, 0.15) is 11.1 Å². The third-order valence-corrected chi connectivity index (χ3v) is 10.8. The van der Waals surface area contributed by atoms with Gasteiger partial charge in [-0.1, -0.05) is 72.8 Å². The smallest absolute Gasteiger partial charge is 0.135 e. The molecule has 0 aliphatic rings. The number of nitrogens with zero attached hydrogens (tertiary/aromatic N) is 3. The molecule has 5 heteroatoms. The molecule has 0 amide bonds. The summed E-state index contributed by atoms with van der Waals surface area (Å²) < 4.78 is 11.1. The van der Waals surface area contributed by atoms with Crippen LogP contribution in [0.3, 0.4) is 0 Å². The van der Waals surface area contributed by atoms with E-state index >= 15 is 0 Å². The summed E-state index contributed by atoms with van der Waals surface area (Å²) in [5.41, 5.74) is 9.59. The van der Waals surface area contributed by atoms with Crippen molar-refractivity contribution in [2.75, 3.05) is 0 Å². The van der Waals surface area contributed by atoms with Gasteiger partial charge in [0.2, 0.25) is 0 Å². The molecule has 0 saturated carbocycles. The Morgan fingerprint density at radius 2 is 1.27 bits per heavy atom. The van der Waals surface area contributed by atoms with Crippen LogP contribution in [0.4, 0.5) is 0 Å². The number of benzene rings is 7. The molecule has 0 aliphatic heterocycles. The molecule has 10 rings (SSSR count). The Kier molecular flexibility index (Phi) is 5.84. The molecule has 10 aromatic rings. The molecule has 49 heavy (non-hydrogen) atoms. The van der Waals surface area contributed by atoms with Gasteiger partial charge in [-0.25, -0.2) is 0 Å². The summed E-state index contributed by atoms with van der Waals surface area (Å²) in [5.74, 6) is 0. The molecular weight excluding hydrogens is 619 g/mol. The predicted octanol–water partition coefficient (Wildman–Crippen LogP) is 12.1. The number of rotatable bonds is 3. The average molecular weight is 642 g/mol. The topological polar surface area (TPSA) is 65.7 Å². The van der Waals surface area contributed by atoms with Crippen molar-refractivity contribution in [2.45, 2.75) is 0 Å². The van der Waals surface area contributed by atoms with E-state index in [1.807, 2.05) is 41.7 Å². The standard InChI is InChI=1S/C44H23N3OS/c45-24-26-13-16-30(28(19-26)25-46)31-17-15-29(21-35(31)27-14-18-42-37(20-27)33-8-2-5-11-41(33)48-42)47-39-10-4-1-7-32(39)36-23-44-38(22-40(36)47)34-9-3-6-12-43(34)49-44/h1-23H. The molecule has 0 fully saturated rings. The zero-order chi connectivity index (χ0) is 32.6. The summed E-state index contributed by atoms with van der Waals surface area (Å²) in [6.45, 7) is 0. The average Bonchev–Trinajstić information content (AvgIpc) is 3.82. The first-order valence-electron chi connectivity index (χ1n) is 16.0. The van der Waals surface area contributed by atoms with Gasteiger partial charge in [0, 0.05) is 53.0 Å². The van der Waals surface area contributed by atoms with Crippen LogP contribution < -0.4 is 0 Å². The zero-order valence-corrected chi connectivity index (χ0v) is 26.8. The van der Waals surface area contributed by atoms with Crippen LogP contribution in [-0.4, -0.2) is 4.57 Å². The highest BCUT2D eigenvalue weighted by Crippen LogP contribution is 2.43. The maximum atomic E-state index is 10.2. The lowest BCUT2D eigenvalue weighted by atomic mass is 9.90. The minimum absolute atomic E-state index is 0.460. The molecule has 0 saturated heterocycles. The lowest BCUT2D eigenvalue weighted by Gasteiger charge is -2.16.